The monoisotopic (exact) mass is 274 g/mol. The Balaban J connectivity index is 1.39. The first-order valence-electron chi connectivity index (χ1n) is 7.59. The van der Waals surface area contributed by atoms with Gasteiger partial charge in [0, 0.05) is 19.3 Å². The molecule has 0 saturated heterocycles. The summed E-state index contributed by atoms with van der Waals surface area (Å²) in [5.41, 5.74) is 0.869. The molecule has 0 radical (unpaired) electrons. The molecule has 0 spiro atoms. The van der Waals surface area contributed by atoms with Gasteiger partial charge < -0.3 is 10.1 Å². The molecule has 0 aromatic carbocycles. The van der Waals surface area contributed by atoms with Crippen LogP contribution in [-0.4, -0.2) is 33.9 Å². The Labute approximate surface area is 119 Å². The smallest absolute Gasteiger partial charge is 0.229 e. The molecule has 0 bridgehead atoms. The Morgan fingerprint density at radius 3 is 3.00 bits per heavy atom. The molecule has 2 aromatic rings. The average molecular weight is 274 g/mol. The maximum Gasteiger partial charge on any atom is 0.229 e. The second kappa shape index (κ2) is 6.70. The molecule has 5 nitrogen and oxygen atoms in total. The summed E-state index contributed by atoms with van der Waals surface area (Å²) >= 11 is 0. The van der Waals surface area contributed by atoms with Crippen LogP contribution >= 0.6 is 0 Å². The number of pyridine rings is 1. The standard InChI is InChI=1S/C15H22N4O/c1-2-7-13(8-3-1)20-12-6-10-16-15-18-17-14-9-4-5-11-19(14)15/h4-5,9,11,13H,1-3,6-8,10,12H2,(H,16,18). The van der Waals surface area contributed by atoms with Crippen LogP contribution in [0.4, 0.5) is 5.95 Å². The van der Waals surface area contributed by atoms with Crippen LogP contribution in [-0.2, 0) is 4.74 Å². The van der Waals surface area contributed by atoms with Crippen LogP contribution in [0.15, 0.2) is 24.4 Å². The molecule has 1 aliphatic carbocycles. The second-order valence-electron chi connectivity index (χ2n) is 5.36. The van der Waals surface area contributed by atoms with E-state index >= 15 is 0 Å². The molecular weight excluding hydrogens is 252 g/mol. The zero-order chi connectivity index (χ0) is 13.6. The van der Waals surface area contributed by atoms with Gasteiger partial charge in [-0.1, -0.05) is 25.3 Å². The zero-order valence-electron chi connectivity index (χ0n) is 11.8. The van der Waals surface area contributed by atoms with Crippen LogP contribution < -0.4 is 5.32 Å². The molecule has 108 valence electrons. The van der Waals surface area contributed by atoms with E-state index in [1.807, 2.05) is 28.8 Å². The number of hydrogen-bond acceptors (Lipinski definition) is 4. The number of nitrogens with one attached hydrogen (secondary N) is 1. The van der Waals surface area contributed by atoms with Gasteiger partial charge in [0.2, 0.25) is 5.95 Å². The third kappa shape index (κ3) is 3.28. The molecule has 20 heavy (non-hydrogen) atoms. The lowest BCUT2D eigenvalue weighted by molar-refractivity contribution is 0.0284. The number of aromatic nitrogens is 3. The molecule has 1 saturated carbocycles. The zero-order valence-corrected chi connectivity index (χ0v) is 11.8. The fraction of sp³-hybridized carbons (Fsp3) is 0.600. The minimum Gasteiger partial charge on any atom is -0.378 e. The first-order valence-corrected chi connectivity index (χ1v) is 7.59. The van der Waals surface area contributed by atoms with Crippen LogP contribution in [0.1, 0.15) is 38.5 Å². The fourth-order valence-electron chi connectivity index (χ4n) is 2.72. The lowest BCUT2D eigenvalue weighted by Gasteiger charge is -2.21. The predicted molar refractivity (Wildman–Crippen MR) is 78.9 cm³/mol. The average Bonchev–Trinajstić information content (AvgIpc) is 2.91. The molecular formula is C15H22N4O. The van der Waals surface area contributed by atoms with Crippen molar-refractivity contribution in [2.75, 3.05) is 18.5 Å². The van der Waals surface area contributed by atoms with E-state index in [9.17, 15) is 0 Å². The number of rotatable bonds is 6. The summed E-state index contributed by atoms with van der Waals surface area (Å²) in [6, 6.07) is 5.89. The van der Waals surface area contributed by atoms with Gasteiger partial charge in [0.25, 0.3) is 0 Å². The summed E-state index contributed by atoms with van der Waals surface area (Å²) in [4.78, 5) is 0. The van der Waals surface area contributed by atoms with E-state index in [4.69, 9.17) is 4.74 Å². The molecule has 1 N–H and O–H groups in total. The van der Waals surface area contributed by atoms with Gasteiger partial charge in [-0.3, -0.25) is 4.40 Å². The van der Waals surface area contributed by atoms with Crippen molar-refractivity contribution in [3.63, 3.8) is 0 Å². The maximum absolute atomic E-state index is 5.91. The van der Waals surface area contributed by atoms with Gasteiger partial charge >= 0.3 is 0 Å². The van der Waals surface area contributed by atoms with Gasteiger partial charge in [-0.05, 0) is 31.4 Å². The molecule has 0 amide bonds. The van der Waals surface area contributed by atoms with E-state index in [-0.39, 0.29) is 0 Å². The summed E-state index contributed by atoms with van der Waals surface area (Å²) in [7, 11) is 0. The van der Waals surface area contributed by atoms with Gasteiger partial charge in [-0.25, -0.2) is 0 Å². The summed E-state index contributed by atoms with van der Waals surface area (Å²) in [5, 5.41) is 11.6. The Morgan fingerprint density at radius 1 is 1.20 bits per heavy atom. The highest BCUT2D eigenvalue weighted by Crippen LogP contribution is 2.20. The number of anilines is 1. The molecule has 1 fully saturated rings. The lowest BCUT2D eigenvalue weighted by Crippen LogP contribution is -2.18. The minimum atomic E-state index is 0.498. The Hall–Kier alpha value is -1.62. The molecule has 2 heterocycles. The maximum atomic E-state index is 5.91. The molecule has 1 aliphatic rings. The topological polar surface area (TPSA) is 51.5 Å². The van der Waals surface area contributed by atoms with E-state index in [1.54, 1.807) is 0 Å². The van der Waals surface area contributed by atoms with E-state index < -0.39 is 0 Å². The third-order valence-electron chi connectivity index (χ3n) is 3.82. The number of fused-ring (bicyclic) bond motifs is 1. The summed E-state index contributed by atoms with van der Waals surface area (Å²) < 4.78 is 7.87. The summed E-state index contributed by atoms with van der Waals surface area (Å²) in [6.45, 7) is 1.69. The van der Waals surface area contributed by atoms with Crippen molar-refractivity contribution in [3.05, 3.63) is 24.4 Å². The third-order valence-corrected chi connectivity index (χ3v) is 3.82. The van der Waals surface area contributed by atoms with Crippen LogP contribution in [0, 0.1) is 0 Å². The Bertz CT molecular complexity index is 533. The normalized spacial score (nSPS) is 16.6. The van der Waals surface area contributed by atoms with Crippen molar-refractivity contribution in [2.24, 2.45) is 0 Å². The largest absolute Gasteiger partial charge is 0.378 e. The van der Waals surface area contributed by atoms with Gasteiger partial charge in [0.1, 0.15) is 0 Å². The number of hydrogen-bond donors (Lipinski definition) is 1. The summed E-state index contributed by atoms with van der Waals surface area (Å²) in [5.74, 6) is 0.804. The number of nitrogens with zero attached hydrogens (tertiary/aromatic N) is 3. The molecule has 3 rings (SSSR count). The van der Waals surface area contributed by atoms with Crippen LogP contribution in [0.2, 0.25) is 0 Å². The molecule has 0 unspecified atom stereocenters. The number of ether oxygens (including phenoxy) is 1. The lowest BCUT2D eigenvalue weighted by atomic mass is 9.98. The Kier molecular flexibility index (Phi) is 4.48. The van der Waals surface area contributed by atoms with Gasteiger partial charge in [-0.15, -0.1) is 10.2 Å². The molecule has 0 aliphatic heterocycles. The van der Waals surface area contributed by atoms with E-state index in [0.717, 1.165) is 31.2 Å². The van der Waals surface area contributed by atoms with Crippen molar-refractivity contribution in [3.8, 4) is 0 Å². The van der Waals surface area contributed by atoms with Crippen molar-refractivity contribution < 1.29 is 4.74 Å². The van der Waals surface area contributed by atoms with Crippen molar-refractivity contribution in [1.82, 2.24) is 14.6 Å². The quantitative estimate of drug-likeness (QED) is 0.823. The fourth-order valence-corrected chi connectivity index (χ4v) is 2.72. The van der Waals surface area contributed by atoms with Crippen LogP contribution in [0.3, 0.4) is 0 Å². The van der Waals surface area contributed by atoms with E-state index in [1.165, 1.54) is 32.1 Å². The highest BCUT2D eigenvalue weighted by atomic mass is 16.5. The van der Waals surface area contributed by atoms with Crippen LogP contribution in [0.5, 0.6) is 0 Å². The molecule has 5 heteroatoms. The van der Waals surface area contributed by atoms with Crippen molar-refractivity contribution >= 4 is 11.6 Å². The van der Waals surface area contributed by atoms with Crippen molar-refractivity contribution in [2.45, 2.75) is 44.6 Å². The Morgan fingerprint density at radius 2 is 2.10 bits per heavy atom. The van der Waals surface area contributed by atoms with Crippen LogP contribution in [0.25, 0.3) is 5.65 Å². The molecule has 2 aromatic heterocycles. The van der Waals surface area contributed by atoms with Gasteiger partial charge in [0.05, 0.1) is 6.10 Å². The summed E-state index contributed by atoms with van der Waals surface area (Å²) in [6.07, 6.45) is 9.97. The van der Waals surface area contributed by atoms with Gasteiger partial charge in [0.15, 0.2) is 5.65 Å². The van der Waals surface area contributed by atoms with E-state index in [0.29, 0.717) is 6.10 Å². The second-order valence-corrected chi connectivity index (χ2v) is 5.36. The van der Waals surface area contributed by atoms with Crippen molar-refractivity contribution in [1.29, 1.82) is 0 Å². The van der Waals surface area contributed by atoms with Gasteiger partial charge in [-0.2, -0.15) is 0 Å². The first-order chi connectivity index (χ1) is 9.93. The SMILES string of the molecule is c1ccn2c(NCCCOC3CCCCC3)nnc2c1. The highest BCUT2D eigenvalue weighted by molar-refractivity contribution is 5.44. The minimum absolute atomic E-state index is 0.498. The highest BCUT2D eigenvalue weighted by Gasteiger charge is 2.13. The van der Waals surface area contributed by atoms with E-state index in [2.05, 4.69) is 15.5 Å². The predicted octanol–water partition coefficient (Wildman–Crippen LogP) is 2.88. The first kappa shape index (κ1) is 13.4. The molecule has 0 atom stereocenters.